The molecule has 0 aliphatic rings. The summed E-state index contributed by atoms with van der Waals surface area (Å²) in [5.74, 6) is -0.272. The lowest BCUT2D eigenvalue weighted by atomic mass is 10.1. The average Bonchev–Trinajstić information content (AvgIpc) is 2.25. The zero-order valence-electron chi connectivity index (χ0n) is 9.32. The van der Waals surface area contributed by atoms with E-state index >= 15 is 0 Å². The summed E-state index contributed by atoms with van der Waals surface area (Å²) < 4.78 is 0. The molecule has 1 atom stereocenters. The number of nitrogens with one attached hydrogen (secondary N) is 1. The highest BCUT2D eigenvalue weighted by atomic mass is 32.2. The van der Waals surface area contributed by atoms with Crippen molar-refractivity contribution in [3.63, 3.8) is 0 Å². The van der Waals surface area contributed by atoms with Gasteiger partial charge in [-0.3, -0.25) is 14.4 Å². The van der Waals surface area contributed by atoms with E-state index in [0.29, 0.717) is 13.0 Å². The van der Waals surface area contributed by atoms with Crippen molar-refractivity contribution >= 4 is 29.1 Å². The zero-order chi connectivity index (χ0) is 12.4. The predicted molar refractivity (Wildman–Crippen MR) is 63.7 cm³/mol. The highest BCUT2D eigenvalue weighted by Gasteiger charge is 2.12. The third-order valence-electron chi connectivity index (χ3n) is 1.83. The Labute approximate surface area is 99.5 Å². The number of amides is 1. The van der Waals surface area contributed by atoms with Gasteiger partial charge in [-0.2, -0.15) is 0 Å². The Bertz CT molecular complexity index is 246. The summed E-state index contributed by atoms with van der Waals surface area (Å²) in [6.45, 7) is 1.96. The maximum absolute atomic E-state index is 11.3. The van der Waals surface area contributed by atoms with Gasteiger partial charge >= 0.3 is 0 Å². The van der Waals surface area contributed by atoms with Crippen molar-refractivity contribution in [3.05, 3.63) is 0 Å². The highest BCUT2D eigenvalue weighted by molar-refractivity contribution is 8.14. The van der Waals surface area contributed by atoms with E-state index in [1.807, 2.05) is 0 Å². The summed E-state index contributed by atoms with van der Waals surface area (Å²) >= 11 is 0.919. The number of carbonyl (C=O) groups excluding carboxylic acids is 3. The molecule has 0 rings (SSSR count). The first-order valence-electron chi connectivity index (χ1n) is 5.10. The number of rotatable bonds is 8. The predicted octanol–water partition coefficient (Wildman–Crippen LogP) is -0.0104. The first kappa shape index (κ1) is 15.1. The third kappa shape index (κ3) is 8.43. The number of carbonyl (C=O) groups is 2. The van der Waals surface area contributed by atoms with E-state index in [2.05, 4.69) is 5.32 Å². The van der Waals surface area contributed by atoms with Crippen molar-refractivity contribution in [2.75, 3.05) is 12.3 Å². The normalized spacial score (nSPS) is 11.9. The number of hydrogen-bond donors (Lipinski definition) is 2. The SMILES string of the molecule is CC(=O)SCC(=O)N[C@H]([C]=O)CCCCN. The molecule has 0 heterocycles. The molecule has 0 aromatic rings. The molecule has 0 unspecified atom stereocenters. The Kier molecular flexibility index (Phi) is 8.84. The Hall–Kier alpha value is -0.880. The van der Waals surface area contributed by atoms with Crippen LogP contribution in [-0.4, -0.2) is 35.6 Å². The van der Waals surface area contributed by atoms with Crippen molar-refractivity contribution in [2.45, 2.75) is 32.2 Å². The summed E-state index contributed by atoms with van der Waals surface area (Å²) in [6.07, 6.45) is 3.89. The monoisotopic (exact) mass is 245 g/mol. The highest BCUT2D eigenvalue weighted by Crippen LogP contribution is 2.02. The molecule has 5 nitrogen and oxygen atoms in total. The van der Waals surface area contributed by atoms with Crippen LogP contribution in [-0.2, 0) is 14.4 Å². The molecule has 3 N–H and O–H groups in total. The number of nitrogens with two attached hydrogens (primary N) is 1. The van der Waals surface area contributed by atoms with Crippen LogP contribution >= 0.6 is 11.8 Å². The molecule has 0 aliphatic carbocycles. The van der Waals surface area contributed by atoms with Gasteiger partial charge in [0.1, 0.15) is 0 Å². The minimum absolute atomic E-state index is 0.0460. The van der Waals surface area contributed by atoms with Crippen LogP contribution in [0.5, 0.6) is 0 Å². The van der Waals surface area contributed by atoms with Crippen LogP contribution < -0.4 is 11.1 Å². The lowest BCUT2D eigenvalue weighted by Crippen LogP contribution is -2.37. The summed E-state index contributed by atoms with van der Waals surface area (Å²) in [6, 6.07) is -0.591. The van der Waals surface area contributed by atoms with Crippen LogP contribution in [0.2, 0.25) is 0 Å². The molecule has 1 radical (unpaired) electrons. The van der Waals surface area contributed by atoms with Crippen molar-refractivity contribution in [2.24, 2.45) is 5.73 Å². The summed E-state index contributed by atoms with van der Waals surface area (Å²) in [5, 5.41) is 2.38. The van der Waals surface area contributed by atoms with Gasteiger partial charge < -0.3 is 11.1 Å². The van der Waals surface area contributed by atoms with Gasteiger partial charge in [0.05, 0.1) is 11.8 Å². The molecule has 0 bridgehead atoms. The Morgan fingerprint density at radius 3 is 2.62 bits per heavy atom. The van der Waals surface area contributed by atoms with E-state index in [4.69, 9.17) is 5.73 Å². The standard InChI is InChI=1S/C10H17N2O3S/c1-8(14)16-7-10(15)12-9(6-13)4-2-3-5-11/h9H,2-5,7,11H2,1H3,(H,12,15)/t9-/m0/s1. The Morgan fingerprint density at radius 1 is 1.44 bits per heavy atom. The van der Waals surface area contributed by atoms with Crippen LogP contribution in [0.25, 0.3) is 0 Å². The van der Waals surface area contributed by atoms with Crippen molar-refractivity contribution < 1.29 is 14.4 Å². The lowest BCUT2D eigenvalue weighted by molar-refractivity contribution is -0.119. The fraction of sp³-hybridized carbons (Fsp3) is 0.700. The van der Waals surface area contributed by atoms with E-state index in [1.54, 1.807) is 6.29 Å². The minimum atomic E-state index is -0.591. The molecular formula is C10H17N2O3S. The van der Waals surface area contributed by atoms with Gasteiger partial charge in [-0.25, -0.2) is 0 Å². The second-order valence-corrected chi connectivity index (χ2v) is 4.45. The van der Waals surface area contributed by atoms with Gasteiger partial charge in [0.25, 0.3) is 0 Å². The number of thioether (sulfide) groups is 1. The molecule has 16 heavy (non-hydrogen) atoms. The molecule has 1 amide bonds. The first-order chi connectivity index (χ1) is 7.60. The second-order valence-electron chi connectivity index (χ2n) is 3.30. The van der Waals surface area contributed by atoms with Crippen molar-refractivity contribution in [3.8, 4) is 0 Å². The van der Waals surface area contributed by atoms with Gasteiger partial charge in [0.15, 0.2) is 5.12 Å². The van der Waals surface area contributed by atoms with Crippen molar-refractivity contribution in [1.29, 1.82) is 0 Å². The first-order valence-corrected chi connectivity index (χ1v) is 6.09. The number of hydrogen-bond acceptors (Lipinski definition) is 5. The van der Waals surface area contributed by atoms with E-state index in [9.17, 15) is 14.4 Å². The fourth-order valence-electron chi connectivity index (χ4n) is 1.06. The molecule has 0 saturated heterocycles. The Balaban J connectivity index is 3.78. The fourth-order valence-corrected chi connectivity index (χ4v) is 1.47. The van der Waals surface area contributed by atoms with Crippen LogP contribution in [0.1, 0.15) is 26.2 Å². The molecule has 0 spiro atoms. The van der Waals surface area contributed by atoms with Crippen LogP contribution in [0.4, 0.5) is 0 Å². The summed E-state index contributed by atoms with van der Waals surface area (Å²) in [5.41, 5.74) is 5.31. The molecule has 0 aromatic heterocycles. The van der Waals surface area contributed by atoms with Crippen LogP contribution in [0.15, 0.2) is 0 Å². The van der Waals surface area contributed by atoms with Gasteiger partial charge in [-0.1, -0.05) is 11.8 Å². The summed E-state index contributed by atoms with van der Waals surface area (Å²) in [7, 11) is 0. The number of unbranched alkanes of at least 4 members (excludes halogenated alkanes) is 1. The average molecular weight is 245 g/mol. The minimum Gasteiger partial charge on any atom is -0.345 e. The summed E-state index contributed by atoms with van der Waals surface area (Å²) in [4.78, 5) is 32.4. The smallest absolute Gasteiger partial charge is 0.231 e. The van der Waals surface area contributed by atoms with Gasteiger partial charge in [-0.15, -0.1) is 0 Å². The lowest BCUT2D eigenvalue weighted by Gasteiger charge is -2.10. The van der Waals surface area contributed by atoms with Gasteiger partial charge in [0, 0.05) is 6.92 Å². The molecule has 0 aliphatic heterocycles. The quantitative estimate of drug-likeness (QED) is 0.587. The molecule has 0 fully saturated rings. The molecule has 0 aromatic carbocycles. The maximum atomic E-state index is 11.3. The second kappa shape index (κ2) is 9.35. The largest absolute Gasteiger partial charge is 0.345 e. The van der Waals surface area contributed by atoms with E-state index in [0.717, 1.165) is 24.6 Å². The topological polar surface area (TPSA) is 89.3 Å². The van der Waals surface area contributed by atoms with E-state index in [1.165, 1.54) is 6.92 Å². The molecule has 0 saturated carbocycles. The van der Waals surface area contributed by atoms with E-state index < -0.39 is 6.04 Å². The van der Waals surface area contributed by atoms with Gasteiger partial charge in [-0.05, 0) is 25.8 Å². The van der Waals surface area contributed by atoms with Crippen LogP contribution in [0.3, 0.4) is 0 Å². The zero-order valence-corrected chi connectivity index (χ0v) is 10.1. The molecular weight excluding hydrogens is 228 g/mol. The van der Waals surface area contributed by atoms with E-state index in [-0.39, 0.29) is 16.8 Å². The van der Waals surface area contributed by atoms with Gasteiger partial charge in [0.2, 0.25) is 12.2 Å². The van der Waals surface area contributed by atoms with Crippen molar-refractivity contribution in [1.82, 2.24) is 5.32 Å². The molecule has 91 valence electrons. The third-order valence-corrected chi connectivity index (χ3v) is 2.64. The Morgan fingerprint density at radius 2 is 2.12 bits per heavy atom. The maximum Gasteiger partial charge on any atom is 0.231 e. The van der Waals surface area contributed by atoms with Crippen LogP contribution in [0, 0.1) is 0 Å². The molecule has 6 heteroatoms.